The summed E-state index contributed by atoms with van der Waals surface area (Å²) in [6.45, 7) is 8.35. The molecule has 0 spiro atoms. The number of para-hydroxylation sites is 1. The first-order chi connectivity index (χ1) is 11.6. The van der Waals surface area contributed by atoms with Gasteiger partial charge >= 0.3 is 0 Å². The van der Waals surface area contributed by atoms with E-state index in [9.17, 15) is 5.11 Å². The molecule has 0 aliphatic carbocycles. The third kappa shape index (κ3) is 3.41. The fourth-order valence-corrected chi connectivity index (χ4v) is 3.26. The first-order valence-electron chi connectivity index (χ1n) is 8.74. The number of nitrogens with zero attached hydrogens (tertiary/aromatic N) is 2. The molecule has 1 aromatic heterocycles. The Morgan fingerprint density at radius 1 is 1.42 bits per heavy atom. The van der Waals surface area contributed by atoms with Crippen LogP contribution in [0.4, 0.5) is 0 Å². The molecule has 0 radical (unpaired) electrons. The fourth-order valence-electron chi connectivity index (χ4n) is 3.26. The maximum Gasteiger partial charge on any atom is 0.162 e. The van der Waals surface area contributed by atoms with E-state index < -0.39 is 0 Å². The van der Waals surface area contributed by atoms with Crippen LogP contribution in [-0.2, 0) is 6.54 Å². The highest BCUT2D eigenvalue weighted by Crippen LogP contribution is 2.37. The molecule has 24 heavy (non-hydrogen) atoms. The molecule has 2 heterocycles. The quantitative estimate of drug-likeness (QED) is 0.858. The predicted molar refractivity (Wildman–Crippen MR) is 92.3 cm³/mol. The topological polar surface area (TPSA) is 58.7 Å². The van der Waals surface area contributed by atoms with Crippen LogP contribution in [0.3, 0.4) is 0 Å². The van der Waals surface area contributed by atoms with Crippen molar-refractivity contribution < 1.29 is 14.4 Å². The van der Waals surface area contributed by atoms with Crippen LogP contribution in [0.2, 0.25) is 0 Å². The van der Waals surface area contributed by atoms with E-state index in [1.807, 2.05) is 19.1 Å². The van der Waals surface area contributed by atoms with Crippen LogP contribution in [-0.4, -0.2) is 28.3 Å². The molecular weight excluding hydrogens is 304 g/mol. The maximum atomic E-state index is 10.4. The molecule has 5 nitrogen and oxygen atoms in total. The highest BCUT2D eigenvalue weighted by atomic mass is 16.5. The summed E-state index contributed by atoms with van der Waals surface area (Å²) in [7, 11) is 0. The zero-order valence-corrected chi connectivity index (χ0v) is 14.7. The molecule has 1 unspecified atom stereocenters. The summed E-state index contributed by atoms with van der Waals surface area (Å²) in [5.41, 5.74) is 1.88. The monoisotopic (exact) mass is 330 g/mol. The number of rotatable bonds is 6. The van der Waals surface area contributed by atoms with Crippen LogP contribution < -0.4 is 4.74 Å². The van der Waals surface area contributed by atoms with Crippen molar-refractivity contribution in [1.82, 2.24) is 10.1 Å². The van der Waals surface area contributed by atoms with Gasteiger partial charge in [0.15, 0.2) is 17.3 Å². The average Bonchev–Trinajstić information content (AvgIpc) is 3.20. The van der Waals surface area contributed by atoms with Gasteiger partial charge in [0.2, 0.25) is 0 Å². The number of benzene rings is 1. The minimum atomic E-state index is 0.222. The van der Waals surface area contributed by atoms with Crippen molar-refractivity contribution in [3.63, 3.8) is 0 Å². The molecule has 3 rings (SSSR count). The van der Waals surface area contributed by atoms with E-state index in [0.717, 1.165) is 36.4 Å². The average molecular weight is 330 g/mol. The number of hydrogen-bond donors (Lipinski definition) is 1. The molecule has 1 aromatic carbocycles. The number of likely N-dealkylation sites (tertiary alicyclic amines) is 1. The number of aromatic nitrogens is 1. The molecule has 1 N–H and O–H groups in total. The van der Waals surface area contributed by atoms with Gasteiger partial charge in [-0.2, -0.15) is 0 Å². The highest BCUT2D eigenvalue weighted by Gasteiger charge is 2.30. The molecular formula is C19H26N2O3. The van der Waals surface area contributed by atoms with Crippen LogP contribution in [0.1, 0.15) is 62.6 Å². The second kappa shape index (κ2) is 7.26. The Morgan fingerprint density at radius 2 is 2.25 bits per heavy atom. The summed E-state index contributed by atoms with van der Waals surface area (Å²) < 4.78 is 11.1. The van der Waals surface area contributed by atoms with E-state index in [1.165, 1.54) is 0 Å². The van der Waals surface area contributed by atoms with Crippen molar-refractivity contribution in [2.75, 3.05) is 13.2 Å². The zero-order valence-electron chi connectivity index (χ0n) is 14.7. The van der Waals surface area contributed by atoms with Gasteiger partial charge < -0.3 is 14.4 Å². The minimum Gasteiger partial charge on any atom is -0.504 e. The Morgan fingerprint density at radius 3 is 2.96 bits per heavy atom. The number of ether oxygens (including phenoxy) is 1. The van der Waals surface area contributed by atoms with E-state index in [2.05, 4.69) is 30.0 Å². The summed E-state index contributed by atoms with van der Waals surface area (Å²) in [6.07, 6.45) is 2.17. The minimum absolute atomic E-state index is 0.222. The largest absolute Gasteiger partial charge is 0.504 e. The van der Waals surface area contributed by atoms with Crippen LogP contribution in [0, 0.1) is 0 Å². The smallest absolute Gasteiger partial charge is 0.162 e. The van der Waals surface area contributed by atoms with Gasteiger partial charge in [0.1, 0.15) is 0 Å². The number of phenols is 1. The Balaban J connectivity index is 1.77. The number of phenolic OH excluding ortho intramolecular Hbond substituents is 1. The van der Waals surface area contributed by atoms with E-state index >= 15 is 0 Å². The summed E-state index contributed by atoms with van der Waals surface area (Å²) in [5.74, 6) is 2.08. The van der Waals surface area contributed by atoms with Gasteiger partial charge in [-0.25, -0.2) is 0 Å². The van der Waals surface area contributed by atoms with Crippen molar-refractivity contribution in [2.45, 2.75) is 52.1 Å². The first kappa shape index (κ1) is 16.8. The lowest BCUT2D eigenvalue weighted by molar-refractivity contribution is 0.203. The van der Waals surface area contributed by atoms with Gasteiger partial charge in [-0.15, -0.1) is 0 Å². The Labute approximate surface area is 143 Å². The Bertz CT molecular complexity index is 681. The summed E-state index contributed by atoms with van der Waals surface area (Å²) in [5, 5.41) is 14.6. The highest BCUT2D eigenvalue weighted by molar-refractivity contribution is 5.45. The van der Waals surface area contributed by atoms with Crippen molar-refractivity contribution in [2.24, 2.45) is 0 Å². The number of hydrogen-bond acceptors (Lipinski definition) is 5. The van der Waals surface area contributed by atoms with E-state index in [4.69, 9.17) is 9.26 Å². The zero-order chi connectivity index (χ0) is 17.1. The second-order valence-corrected chi connectivity index (χ2v) is 6.63. The van der Waals surface area contributed by atoms with E-state index in [1.54, 1.807) is 6.07 Å². The van der Waals surface area contributed by atoms with Crippen LogP contribution in [0.5, 0.6) is 11.5 Å². The standard InChI is InChI=1S/C19H26N2O3/c1-4-23-17-9-5-7-14(19(17)22)12-21-10-6-8-16(21)18-11-15(13(2)3)20-24-18/h5,7,9,11,13,16,22H,4,6,8,10,12H2,1-3H3. The van der Waals surface area contributed by atoms with Gasteiger partial charge in [0, 0.05) is 18.2 Å². The third-order valence-electron chi connectivity index (χ3n) is 4.59. The molecule has 130 valence electrons. The van der Waals surface area contributed by atoms with Crippen LogP contribution in [0.15, 0.2) is 28.8 Å². The van der Waals surface area contributed by atoms with Crippen LogP contribution in [0.25, 0.3) is 0 Å². The molecule has 1 saturated heterocycles. The van der Waals surface area contributed by atoms with Crippen molar-refractivity contribution in [3.8, 4) is 11.5 Å². The van der Waals surface area contributed by atoms with Crippen LogP contribution >= 0.6 is 0 Å². The molecule has 2 aromatic rings. The molecule has 1 aliphatic heterocycles. The Kier molecular flexibility index (Phi) is 5.09. The van der Waals surface area contributed by atoms with Crippen molar-refractivity contribution >= 4 is 0 Å². The normalized spacial score (nSPS) is 18.4. The van der Waals surface area contributed by atoms with Gasteiger partial charge in [-0.1, -0.05) is 31.1 Å². The summed E-state index contributed by atoms with van der Waals surface area (Å²) >= 11 is 0. The fraction of sp³-hybridized carbons (Fsp3) is 0.526. The summed E-state index contributed by atoms with van der Waals surface area (Å²) in [6, 6.07) is 7.98. The van der Waals surface area contributed by atoms with Gasteiger partial charge in [-0.3, -0.25) is 4.90 Å². The molecule has 0 amide bonds. The molecule has 0 bridgehead atoms. The molecule has 1 atom stereocenters. The third-order valence-corrected chi connectivity index (χ3v) is 4.59. The van der Waals surface area contributed by atoms with Crippen molar-refractivity contribution in [3.05, 3.63) is 41.3 Å². The van der Waals surface area contributed by atoms with Gasteiger partial charge in [0.05, 0.1) is 18.3 Å². The summed E-state index contributed by atoms with van der Waals surface area (Å²) in [4.78, 5) is 2.34. The Hall–Kier alpha value is -2.01. The molecule has 1 aliphatic rings. The molecule has 0 saturated carbocycles. The predicted octanol–water partition coefficient (Wildman–Crippen LogP) is 4.24. The first-order valence-corrected chi connectivity index (χ1v) is 8.74. The van der Waals surface area contributed by atoms with Gasteiger partial charge in [0.25, 0.3) is 0 Å². The van der Waals surface area contributed by atoms with Gasteiger partial charge in [-0.05, 0) is 38.3 Å². The van der Waals surface area contributed by atoms with E-state index in [0.29, 0.717) is 24.8 Å². The molecule has 5 heteroatoms. The SMILES string of the molecule is CCOc1cccc(CN2CCCC2c2cc(C(C)C)no2)c1O. The van der Waals surface area contributed by atoms with E-state index in [-0.39, 0.29) is 11.8 Å². The lowest BCUT2D eigenvalue weighted by atomic mass is 10.1. The maximum absolute atomic E-state index is 10.4. The lowest BCUT2D eigenvalue weighted by Crippen LogP contribution is -2.22. The molecule has 1 fully saturated rings. The van der Waals surface area contributed by atoms with Crippen molar-refractivity contribution in [1.29, 1.82) is 0 Å². The number of aromatic hydroxyl groups is 1. The lowest BCUT2D eigenvalue weighted by Gasteiger charge is -2.23. The second-order valence-electron chi connectivity index (χ2n) is 6.63.